The van der Waals surface area contributed by atoms with Gasteiger partial charge in [-0.2, -0.15) is 0 Å². The zero-order valence-corrected chi connectivity index (χ0v) is 14.9. The van der Waals surface area contributed by atoms with E-state index in [1.54, 1.807) is 49.9 Å². The van der Waals surface area contributed by atoms with Gasteiger partial charge in [0, 0.05) is 17.3 Å². The van der Waals surface area contributed by atoms with Crippen molar-refractivity contribution in [2.24, 2.45) is 0 Å². The predicted molar refractivity (Wildman–Crippen MR) is 96.4 cm³/mol. The normalized spacial score (nSPS) is 10.4. The van der Waals surface area contributed by atoms with E-state index < -0.39 is 5.91 Å². The van der Waals surface area contributed by atoms with Crippen LogP contribution in [0.1, 0.15) is 16.2 Å². The van der Waals surface area contributed by atoms with Crippen molar-refractivity contribution < 1.29 is 14.3 Å². The van der Waals surface area contributed by atoms with Crippen molar-refractivity contribution in [2.75, 3.05) is 17.7 Å². The second kappa shape index (κ2) is 7.74. The minimum Gasteiger partial charge on any atom is -0.497 e. The Balaban J connectivity index is 1.65. The van der Waals surface area contributed by atoms with Gasteiger partial charge in [-0.3, -0.25) is 9.59 Å². The van der Waals surface area contributed by atoms with Crippen LogP contribution in [0, 0.1) is 6.92 Å². The molecule has 0 aliphatic rings. The fourth-order valence-electron chi connectivity index (χ4n) is 2.16. The van der Waals surface area contributed by atoms with E-state index >= 15 is 0 Å². The molecular weight excluding hydrogens is 356 g/mol. The van der Waals surface area contributed by atoms with Crippen LogP contribution in [0.4, 0.5) is 10.8 Å². The van der Waals surface area contributed by atoms with Crippen LogP contribution in [0.15, 0.2) is 35.8 Å². The summed E-state index contributed by atoms with van der Waals surface area (Å²) in [5.74, 6) is -0.00863. The van der Waals surface area contributed by atoms with Crippen LogP contribution in [0.3, 0.4) is 0 Å². The Bertz CT molecular complexity index is 905. The molecule has 26 heavy (non-hydrogen) atoms. The molecule has 9 nitrogen and oxygen atoms in total. The van der Waals surface area contributed by atoms with E-state index in [1.165, 1.54) is 16.0 Å². The van der Waals surface area contributed by atoms with Gasteiger partial charge < -0.3 is 15.4 Å². The third-order valence-corrected chi connectivity index (χ3v) is 4.21. The number of hydrogen-bond acceptors (Lipinski definition) is 7. The minimum absolute atomic E-state index is 0.0613. The maximum absolute atomic E-state index is 12.4. The van der Waals surface area contributed by atoms with Crippen LogP contribution in [0.25, 0.3) is 0 Å². The van der Waals surface area contributed by atoms with Crippen molar-refractivity contribution in [3.05, 3.63) is 47.2 Å². The Morgan fingerprint density at radius 3 is 2.65 bits per heavy atom. The van der Waals surface area contributed by atoms with Gasteiger partial charge in [0.05, 0.1) is 12.8 Å². The summed E-state index contributed by atoms with van der Waals surface area (Å²) in [5, 5.41) is 15.4. The number of thiazole rings is 1. The van der Waals surface area contributed by atoms with E-state index in [0.29, 0.717) is 22.3 Å². The number of hydrogen-bond donors (Lipinski definition) is 2. The number of benzene rings is 1. The van der Waals surface area contributed by atoms with Crippen molar-refractivity contribution in [1.82, 2.24) is 20.0 Å². The molecule has 0 atom stereocenters. The number of carbonyl (C=O) groups is 2. The summed E-state index contributed by atoms with van der Waals surface area (Å²) in [6.07, 6.45) is 1.60. The molecule has 2 heterocycles. The number of ether oxygens (including phenoxy) is 1. The molecule has 3 rings (SSSR count). The number of nitrogens with one attached hydrogen (secondary N) is 2. The van der Waals surface area contributed by atoms with Gasteiger partial charge in [-0.05, 0) is 31.2 Å². The maximum atomic E-state index is 12.4. The Kier molecular flexibility index (Phi) is 5.23. The van der Waals surface area contributed by atoms with Gasteiger partial charge in [0.25, 0.3) is 5.91 Å². The number of carbonyl (C=O) groups excluding carboxylic acids is 2. The van der Waals surface area contributed by atoms with E-state index in [9.17, 15) is 9.59 Å². The molecule has 2 N–H and O–H groups in total. The lowest BCUT2D eigenvalue weighted by atomic mass is 10.2. The van der Waals surface area contributed by atoms with Crippen molar-refractivity contribution in [3.63, 3.8) is 0 Å². The zero-order valence-electron chi connectivity index (χ0n) is 14.1. The SMILES string of the molecule is COc1ccc(NC(=O)c2nnn(CC(=O)Nc3nccs3)c2C)cc1. The predicted octanol–water partition coefficient (Wildman–Crippen LogP) is 1.94. The highest BCUT2D eigenvalue weighted by molar-refractivity contribution is 7.13. The van der Waals surface area contributed by atoms with Gasteiger partial charge in [-0.15, -0.1) is 16.4 Å². The number of aromatic nitrogens is 4. The first-order valence-corrected chi connectivity index (χ1v) is 8.49. The molecule has 0 radical (unpaired) electrons. The number of anilines is 2. The molecule has 0 spiro atoms. The largest absolute Gasteiger partial charge is 0.497 e. The molecule has 134 valence electrons. The van der Waals surface area contributed by atoms with Crippen LogP contribution in [0.5, 0.6) is 5.75 Å². The highest BCUT2D eigenvalue weighted by Crippen LogP contribution is 2.16. The first-order chi connectivity index (χ1) is 12.6. The summed E-state index contributed by atoms with van der Waals surface area (Å²) in [6, 6.07) is 6.92. The number of methoxy groups -OCH3 is 1. The topological polar surface area (TPSA) is 111 Å². The van der Waals surface area contributed by atoms with Gasteiger partial charge in [-0.1, -0.05) is 5.21 Å². The number of nitrogens with zero attached hydrogens (tertiary/aromatic N) is 4. The average molecular weight is 372 g/mol. The molecule has 0 aliphatic heterocycles. The fourth-order valence-corrected chi connectivity index (χ4v) is 2.71. The van der Waals surface area contributed by atoms with Gasteiger partial charge in [0.15, 0.2) is 10.8 Å². The maximum Gasteiger partial charge on any atom is 0.278 e. The summed E-state index contributed by atoms with van der Waals surface area (Å²) in [7, 11) is 1.57. The highest BCUT2D eigenvalue weighted by atomic mass is 32.1. The Labute approximate surface area is 153 Å². The Morgan fingerprint density at radius 2 is 2.00 bits per heavy atom. The van der Waals surface area contributed by atoms with Gasteiger partial charge in [0.1, 0.15) is 12.3 Å². The molecule has 1 aromatic carbocycles. The lowest BCUT2D eigenvalue weighted by Gasteiger charge is -2.06. The summed E-state index contributed by atoms with van der Waals surface area (Å²) in [4.78, 5) is 28.4. The van der Waals surface area contributed by atoms with Crippen LogP contribution < -0.4 is 15.4 Å². The lowest BCUT2D eigenvalue weighted by molar-refractivity contribution is -0.117. The van der Waals surface area contributed by atoms with Crippen molar-refractivity contribution in [2.45, 2.75) is 13.5 Å². The summed E-state index contributed by atoms with van der Waals surface area (Å²) < 4.78 is 6.44. The second-order valence-electron chi connectivity index (χ2n) is 5.25. The van der Waals surface area contributed by atoms with Crippen LogP contribution in [0.2, 0.25) is 0 Å². The zero-order chi connectivity index (χ0) is 18.5. The molecule has 0 aliphatic carbocycles. The molecule has 10 heteroatoms. The van der Waals surface area contributed by atoms with Crippen LogP contribution in [-0.4, -0.2) is 38.9 Å². The van der Waals surface area contributed by atoms with E-state index in [1.807, 2.05) is 0 Å². The molecule has 2 aromatic heterocycles. The average Bonchev–Trinajstić information content (AvgIpc) is 3.26. The van der Waals surface area contributed by atoms with Crippen LogP contribution in [-0.2, 0) is 11.3 Å². The van der Waals surface area contributed by atoms with Gasteiger partial charge >= 0.3 is 0 Å². The third-order valence-electron chi connectivity index (χ3n) is 3.52. The van der Waals surface area contributed by atoms with Crippen molar-refractivity contribution >= 4 is 34.0 Å². The monoisotopic (exact) mass is 372 g/mol. The summed E-state index contributed by atoms with van der Waals surface area (Å²) in [6.45, 7) is 1.62. The van der Waals surface area contributed by atoms with E-state index in [4.69, 9.17) is 4.74 Å². The second-order valence-corrected chi connectivity index (χ2v) is 6.14. The summed E-state index contributed by atoms with van der Waals surface area (Å²) in [5.41, 5.74) is 1.25. The first kappa shape index (κ1) is 17.5. The molecule has 0 saturated carbocycles. The minimum atomic E-state index is -0.403. The molecule has 0 bridgehead atoms. The van der Waals surface area contributed by atoms with Crippen molar-refractivity contribution in [1.29, 1.82) is 0 Å². The highest BCUT2D eigenvalue weighted by Gasteiger charge is 2.18. The molecular formula is C16H16N6O3S. The fraction of sp³-hybridized carbons (Fsp3) is 0.188. The summed E-state index contributed by atoms with van der Waals surface area (Å²) >= 11 is 1.32. The Hall–Kier alpha value is -3.27. The third kappa shape index (κ3) is 4.03. The lowest BCUT2D eigenvalue weighted by Crippen LogP contribution is -2.20. The smallest absolute Gasteiger partial charge is 0.278 e. The van der Waals surface area contributed by atoms with E-state index in [-0.39, 0.29) is 18.1 Å². The van der Waals surface area contributed by atoms with E-state index in [2.05, 4.69) is 25.9 Å². The molecule has 3 aromatic rings. The van der Waals surface area contributed by atoms with Gasteiger partial charge in [-0.25, -0.2) is 9.67 Å². The molecule has 0 fully saturated rings. The molecule has 2 amide bonds. The van der Waals surface area contributed by atoms with Gasteiger partial charge in [0.2, 0.25) is 5.91 Å². The van der Waals surface area contributed by atoms with Crippen LogP contribution >= 0.6 is 11.3 Å². The first-order valence-electron chi connectivity index (χ1n) is 7.61. The number of amides is 2. The molecule has 0 unspecified atom stereocenters. The Morgan fingerprint density at radius 1 is 1.23 bits per heavy atom. The standard InChI is InChI=1S/C16H16N6O3S/c1-10-14(15(24)18-11-3-5-12(25-2)6-4-11)20-21-22(10)9-13(23)19-16-17-7-8-26-16/h3-8H,9H2,1-2H3,(H,18,24)(H,17,19,23). The number of rotatable bonds is 6. The quantitative estimate of drug-likeness (QED) is 0.684. The van der Waals surface area contributed by atoms with E-state index in [0.717, 1.165) is 0 Å². The molecule has 0 saturated heterocycles. The van der Waals surface area contributed by atoms with Crippen molar-refractivity contribution in [3.8, 4) is 5.75 Å².